The molecule has 0 aliphatic heterocycles. The number of ketones is 1. The van der Waals surface area contributed by atoms with Gasteiger partial charge in [0.05, 0.1) is 11.8 Å². The number of nitrogens with one attached hydrogen (secondary N) is 2. The number of anilines is 1. The molecular formula is C23H26ClN5O5S2. The summed E-state index contributed by atoms with van der Waals surface area (Å²) < 4.78 is 28.5. The second-order valence-corrected chi connectivity index (χ2v) is 11.0. The van der Waals surface area contributed by atoms with Crippen molar-refractivity contribution in [2.75, 3.05) is 11.3 Å². The van der Waals surface area contributed by atoms with E-state index in [1.165, 1.54) is 35.9 Å². The first kappa shape index (κ1) is 27.5. The van der Waals surface area contributed by atoms with Gasteiger partial charge >= 0.3 is 0 Å². The van der Waals surface area contributed by atoms with Crippen LogP contribution in [0.3, 0.4) is 0 Å². The van der Waals surface area contributed by atoms with E-state index in [9.17, 15) is 22.8 Å². The second-order valence-electron chi connectivity index (χ2n) is 7.95. The van der Waals surface area contributed by atoms with Crippen molar-refractivity contribution in [3.05, 3.63) is 80.1 Å². The number of carbonyl (C=O) groups excluding carboxylic acids is 2. The molecule has 2 heterocycles. The number of hydrogen-bond donors (Lipinski definition) is 3. The Morgan fingerprint density at radius 3 is 2.58 bits per heavy atom. The smallest absolute Gasteiger partial charge is 0.275 e. The highest BCUT2D eigenvalue weighted by Crippen LogP contribution is 2.14. The Morgan fingerprint density at radius 2 is 1.92 bits per heavy atom. The van der Waals surface area contributed by atoms with Crippen molar-refractivity contribution in [1.29, 1.82) is 0 Å². The highest BCUT2D eigenvalue weighted by atomic mass is 35.5. The second kappa shape index (κ2) is 12.8. The zero-order valence-corrected chi connectivity index (χ0v) is 21.6. The third kappa shape index (κ3) is 7.98. The van der Waals surface area contributed by atoms with E-state index in [1.807, 2.05) is 0 Å². The fourth-order valence-electron chi connectivity index (χ4n) is 3.39. The molecule has 2 aromatic heterocycles. The number of nitrogens with two attached hydrogens (primary N) is 1. The average Bonchev–Trinajstić information content (AvgIpc) is 3.37. The molecule has 0 bridgehead atoms. The summed E-state index contributed by atoms with van der Waals surface area (Å²) in [5.74, 6) is -1.24. The molecule has 3 aromatic rings. The summed E-state index contributed by atoms with van der Waals surface area (Å²) in [7, 11) is -3.90. The molecule has 0 saturated heterocycles. The number of halogens is 1. The lowest BCUT2D eigenvalue weighted by Gasteiger charge is -2.17. The van der Waals surface area contributed by atoms with Gasteiger partial charge in [0.15, 0.2) is 5.01 Å². The first-order chi connectivity index (χ1) is 17.2. The quantitative estimate of drug-likeness (QED) is 0.218. The fraction of sp³-hybridized carbons (Fsp3) is 0.304. The molecule has 3 rings (SSSR count). The van der Waals surface area contributed by atoms with E-state index in [0.717, 1.165) is 4.57 Å². The lowest BCUT2D eigenvalue weighted by atomic mass is 10.1. The maximum absolute atomic E-state index is 12.8. The molecule has 13 heteroatoms. The predicted octanol–water partition coefficient (Wildman–Crippen LogP) is 2.40. The Hall–Kier alpha value is -3.06. The largest absolute Gasteiger partial charge is 0.344 e. The van der Waals surface area contributed by atoms with Gasteiger partial charge in [-0.15, -0.1) is 11.3 Å². The Balaban J connectivity index is 1.69. The summed E-state index contributed by atoms with van der Waals surface area (Å²) in [5, 5.41) is 5.10. The van der Waals surface area contributed by atoms with Crippen LogP contribution in [-0.2, 0) is 27.1 Å². The van der Waals surface area contributed by atoms with Gasteiger partial charge in [-0.25, -0.2) is 13.4 Å². The van der Waals surface area contributed by atoms with Gasteiger partial charge < -0.3 is 15.6 Å². The highest BCUT2D eigenvalue weighted by Gasteiger charge is 2.24. The summed E-state index contributed by atoms with van der Waals surface area (Å²) >= 11 is 7.01. The Labute approximate surface area is 217 Å². The maximum Gasteiger partial charge on any atom is 0.275 e. The summed E-state index contributed by atoms with van der Waals surface area (Å²) in [6, 6.07) is 8.25. The number of sulfonamides is 1. The molecule has 1 amide bonds. The topological polar surface area (TPSA) is 153 Å². The average molecular weight is 552 g/mol. The third-order valence-electron chi connectivity index (χ3n) is 5.11. The molecule has 0 radical (unpaired) electrons. The SMILES string of the molecule is NCCCC[C@H](NC(=O)Cn1cccc(NS(=O)(=O)Cc2ccc(Cl)cc2)c1=O)C(=O)c1nccs1. The fourth-order valence-corrected chi connectivity index (χ4v) is 5.34. The van der Waals surface area contributed by atoms with Gasteiger partial charge in [0.2, 0.25) is 21.7 Å². The van der Waals surface area contributed by atoms with Crippen LogP contribution in [0.2, 0.25) is 5.02 Å². The predicted molar refractivity (Wildman–Crippen MR) is 140 cm³/mol. The lowest BCUT2D eigenvalue weighted by Crippen LogP contribution is -2.43. The molecule has 0 spiro atoms. The van der Waals surface area contributed by atoms with Gasteiger partial charge in [0.25, 0.3) is 5.56 Å². The van der Waals surface area contributed by atoms with E-state index in [0.29, 0.717) is 36.4 Å². The molecule has 192 valence electrons. The number of hydrogen-bond acceptors (Lipinski definition) is 8. The van der Waals surface area contributed by atoms with E-state index in [1.54, 1.807) is 29.6 Å². The van der Waals surface area contributed by atoms with Crippen LogP contribution in [0.1, 0.15) is 34.6 Å². The van der Waals surface area contributed by atoms with E-state index < -0.39 is 34.1 Å². The van der Waals surface area contributed by atoms with Gasteiger partial charge in [-0.2, -0.15) is 0 Å². The van der Waals surface area contributed by atoms with Gasteiger partial charge in [0.1, 0.15) is 12.2 Å². The van der Waals surface area contributed by atoms with Crippen LogP contribution < -0.4 is 21.3 Å². The van der Waals surface area contributed by atoms with Gasteiger partial charge in [-0.3, -0.25) is 19.1 Å². The normalized spacial score (nSPS) is 12.2. The lowest BCUT2D eigenvalue weighted by molar-refractivity contribution is -0.122. The van der Waals surface area contributed by atoms with E-state index in [4.69, 9.17) is 17.3 Å². The Morgan fingerprint density at radius 1 is 1.17 bits per heavy atom. The number of unbranched alkanes of at least 4 members (excludes halogenated alkanes) is 1. The molecule has 0 saturated carbocycles. The van der Waals surface area contributed by atoms with Crippen LogP contribution in [0.5, 0.6) is 0 Å². The minimum absolute atomic E-state index is 0.197. The number of aromatic nitrogens is 2. The van der Waals surface area contributed by atoms with Gasteiger partial charge in [-0.05, 0) is 55.6 Å². The zero-order valence-electron chi connectivity index (χ0n) is 19.2. The van der Waals surface area contributed by atoms with Crippen molar-refractivity contribution in [3.63, 3.8) is 0 Å². The molecule has 0 unspecified atom stereocenters. The van der Waals surface area contributed by atoms with Crippen LogP contribution >= 0.6 is 22.9 Å². The molecule has 4 N–H and O–H groups in total. The summed E-state index contributed by atoms with van der Waals surface area (Å²) in [6.07, 6.45) is 4.57. The number of Topliss-reactive ketones (excluding diaryl/α,β-unsaturated/α-hetero) is 1. The molecular weight excluding hydrogens is 526 g/mol. The number of nitrogens with zero attached hydrogens (tertiary/aromatic N) is 2. The first-order valence-corrected chi connectivity index (χ1v) is 14.0. The number of thiazole rings is 1. The molecule has 1 aromatic carbocycles. The minimum atomic E-state index is -3.90. The van der Waals surface area contributed by atoms with Gasteiger partial charge in [-0.1, -0.05) is 23.7 Å². The zero-order chi connectivity index (χ0) is 26.1. The molecule has 1 atom stereocenters. The highest BCUT2D eigenvalue weighted by molar-refractivity contribution is 7.91. The molecule has 10 nitrogen and oxygen atoms in total. The molecule has 36 heavy (non-hydrogen) atoms. The summed E-state index contributed by atoms with van der Waals surface area (Å²) in [6.45, 7) is 0.0618. The minimum Gasteiger partial charge on any atom is -0.344 e. The van der Waals surface area contributed by atoms with Crippen molar-refractivity contribution in [2.45, 2.75) is 37.6 Å². The number of pyridine rings is 1. The van der Waals surface area contributed by atoms with Crippen molar-refractivity contribution < 1.29 is 18.0 Å². The molecule has 0 aliphatic carbocycles. The van der Waals surface area contributed by atoms with Crippen LogP contribution in [-0.4, -0.2) is 42.2 Å². The maximum atomic E-state index is 12.8. The van der Waals surface area contributed by atoms with Crippen LogP contribution in [0.25, 0.3) is 0 Å². The number of carbonyl (C=O) groups is 2. The van der Waals surface area contributed by atoms with Crippen LogP contribution in [0, 0.1) is 0 Å². The van der Waals surface area contributed by atoms with Crippen LogP contribution in [0.15, 0.2) is 59.0 Å². The monoisotopic (exact) mass is 551 g/mol. The van der Waals surface area contributed by atoms with Gasteiger partial charge in [0, 0.05) is 22.8 Å². The van der Waals surface area contributed by atoms with E-state index in [-0.39, 0.29) is 22.2 Å². The van der Waals surface area contributed by atoms with E-state index in [2.05, 4.69) is 15.0 Å². The number of amides is 1. The van der Waals surface area contributed by atoms with Crippen molar-refractivity contribution >= 4 is 50.3 Å². The summed E-state index contributed by atoms with van der Waals surface area (Å²) in [4.78, 5) is 42.4. The van der Waals surface area contributed by atoms with Crippen molar-refractivity contribution in [2.24, 2.45) is 5.73 Å². The van der Waals surface area contributed by atoms with Crippen molar-refractivity contribution in [3.8, 4) is 0 Å². The standard InChI is InChI=1S/C23H26ClN5O5S2/c24-17-8-6-16(7-9-17)15-36(33,34)28-19-5-3-12-29(23(19)32)14-20(30)27-18(4-1-2-10-25)21(31)22-26-11-13-35-22/h3,5-9,11-13,18,28H,1-2,4,10,14-15,25H2,(H,27,30)/t18-/m0/s1. The van der Waals surface area contributed by atoms with Crippen molar-refractivity contribution in [1.82, 2.24) is 14.9 Å². The van der Waals surface area contributed by atoms with E-state index >= 15 is 0 Å². The Kier molecular flexibility index (Phi) is 9.76. The number of benzene rings is 1. The molecule has 0 fully saturated rings. The van der Waals surface area contributed by atoms with Crippen LogP contribution in [0.4, 0.5) is 5.69 Å². The molecule has 0 aliphatic rings. The number of rotatable bonds is 13. The summed E-state index contributed by atoms with van der Waals surface area (Å²) in [5.41, 5.74) is 5.14. The Bertz CT molecular complexity index is 1340. The first-order valence-electron chi connectivity index (χ1n) is 11.1. The third-order valence-corrected chi connectivity index (χ3v) is 7.40.